The third kappa shape index (κ3) is 5.70. The van der Waals surface area contributed by atoms with Crippen LogP contribution in [0.25, 0.3) is 0 Å². The number of hydrogen-bond acceptors (Lipinski definition) is 2. The smallest absolute Gasteiger partial charge is 0.315 e. The topological polar surface area (TPSA) is 26.3 Å². The number of hydrogen-bond donors (Lipinski definition) is 0. The molecule has 18 heavy (non-hydrogen) atoms. The van der Waals surface area contributed by atoms with Crippen molar-refractivity contribution in [3.8, 4) is 0 Å². The van der Waals surface area contributed by atoms with E-state index in [4.69, 9.17) is 4.74 Å². The minimum Gasteiger partial charge on any atom is -0.465 e. The zero-order valence-corrected chi connectivity index (χ0v) is 12.5. The van der Waals surface area contributed by atoms with E-state index < -0.39 is 5.41 Å². The van der Waals surface area contributed by atoms with Gasteiger partial charge in [0.05, 0.1) is 12.0 Å². The standard InChI is InChI=1S/C16H30O2/c1-5-9-12-16(8-4,13-10-6-2)15(17)18-14-11-7-3/h8H,4-7,9-14H2,1-3H3. The molecular weight excluding hydrogens is 224 g/mol. The number of ether oxygens (including phenoxy) is 1. The van der Waals surface area contributed by atoms with Crippen molar-refractivity contribution in [2.24, 2.45) is 5.41 Å². The first-order valence-electron chi connectivity index (χ1n) is 7.47. The van der Waals surface area contributed by atoms with Crippen molar-refractivity contribution < 1.29 is 9.53 Å². The van der Waals surface area contributed by atoms with Crippen LogP contribution in [-0.2, 0) is 9.53 Å². The van der Waals surface area contributed by atoms with Gasteiger partial charge in [-0.2, -0.15) is 0 Å². The molecule has 0 saturated heterocycles. The fourth-order valence-corrected chi connectivity index (χ4v) is 2.05. The van der Waals surface area contributed by atoms with Gasteiger partial charge in [0.25, 0.3) is 0 Å². The molecule has 106 valence electrons. The van der Waals surface area contributed by atoms with E-state index in [9.17, 15) is 4.79 Å². The maximum atomic E-state index is 12.3. The quantitative estimate of drug-likeness (QED) is 0.298. The second kappa shape index (κ2) is 10.2. The lowest BCUT2D eigenvalue weighted by atomic mass is 9.78. The van der Waals surface area contributed by atoms with Crippen molar-refractivity contribution in [2.45, 2.75) is 72.1 Å². The molecule has 0 aliphatic rings. The average Bonchev–Trinajstić information content (AvgIpc) is 2.40. The van der Waals surface area contributed by atoms with Gasteiger partial charge in [-0.3, -0.25) is 4.79 Å². The number of carbonyl (C=O) groups excluding carboxylic acids is 1. The van der Waals surface area contributed by atoms with E-state index in [1.165, 1.54) is 0 Å². The fourth-order valence-electron chi connectivity index (χ4n) is 2.05. The molecule has 0 radical (unpaired) electrons. The predicted octanol–water partition coefficient (Wildman–Crippen LogP) is 4.88. The van der Waals surface area contributed by atoms with Crippen molar-refractivity contribution in [3.63, 3.8) is 0 Å². The Morgan fingerprint density at radius 1 is 1.06 bits per heavy atom. The molecule has 0 aromatic heterocycles. The fraction of sp³-hybridized carbons (Fsp3) is 0.812. The summed E-state index contributed by atoms with van der Waals surface area (Å²) in [5.74, 6) is -0.0622. The second-order valence-corrected chi connectivity index (χ2v) is 5.06. The van der Waals surface area contributed by atoms with Gasteiger partial charge in [-0.1, -0.05) is 59.0 Å². The van der Waals surface area contributed by atoms with Crippen molar-refractivity contribution >= 4 is 5.97 Å². The Morgan fingerprint density at radius 2 is 1.56 bits per heavy atom. The highest BCUT2D eigenvalue weighted by atomic mass is 16.5. The zero-order chi connectivity index (χ0) is 13.9. The van der Waals surface area contributed by atoms with Gasteiger partial charge < -0.3 is 4.74 Å². The lowest BCUT2D eigenvalue weighted by Crippen LogP contribution is -2.31. The summed E-state index contributed by atoms with van der Waals surface area (Å²) in [7, 11) is 0. The first-order chi connectivity index (χ1) is 8.66. The number of unbranched alkanes of at least 4 members (excludes halogenated alkanes) is 3. The molecule has 0 aliphatic carbocycles. The Bertz CT molecular complexity index is 225. The Hall–Kier alpha value is -0.790. The molecule has 0 amide bonds. The molecule has 0 heterocycles. The van der Waals surface area contributed by atoms with Gasteiger partial charge in [0, 0.05) is 0 Å². The molecule has 0 unspecified atom stereocenters. The summed E-state index contributed by atoms with van der Waals surface area (Å²) in [6.45, 7) is 10.8. The Balaban J connectivity index is 4.57. The summed E-state index contributed by atoms with van der Waals surface area (Å²) in [4.78, 5) is 12.3. The van der Waals surface area contributed by atoms with Crippen LogP contribution in [0, 0.1) is 5.41 Å². The predicted molar refractivity (Wildman–Crippen MR) is 77.5 cm³/mol. The van der Waals surface area contributed by atoms with Crippen LogP contribution < -0.4 is 0 Å². The molecule has 0 spiro atoms. The van der Waals surface area contributed by atoms with E-state index in [0.29, 0.717) is 6.61 Å². The molecular formula is C16H30O2. The summed E-state index contributed by atoms with van der Waals surface area (Å²) in [6.07, 6.45) is 9.88. The van der Waals surface area contributed by atoms with Crippen LogP contribution >= 0.6 is 0 Å². The van der Waals surface area contributed by atoms with Gasteiger partial charge >= 0.3 is 5.97 Å². The zero-order valence-electron chi connectivity index (χ0n) is 12.5. The highest BCUT2D eigenvalue weighted by Crippen LogP contribution is 2.34. The van der Waals surface area contributed by atoms with E-state index in [1.807, 2.05) is 6.08 Å². The molecule has 0 aromatic rings. The molecule has 2 nitrogen and oxygen atoms in total. The molecule has 2 heteroatoms. The Morgan fingerprint density at radius 3 is 1.94 bits per heavy atom. The number of esters is 1. The molecule has 0 N–H and O–H groups in total. The van der Waals surface area contributed by atoms with Gasteiger partial charge in [-0.15, -0.1) is 6.58 Å². The van der Waals surface area contributed by atoms with Crippen LogP contribution in [0.15, 0.2) is 12.7 Å². The number of carbonyl (C=O) groups is 1. The van der Waals surface area contributed by atoms with Crippen LogP contribution in [0.4, 0.5) is 0 Å². The van der Waals surface area contributed by atoms with Crippen molar-refractivity contribution in [3.05, 3.63) is 12.7 Å². The maximum absolute atomic E-state index is 12.3. The van der Waals surface area contributed by atoms with E-state index >= 15 is 0 Å². The molecule has 0 atom stereocenters. The summed E-state index contributed by atoms with van der Waals surface area (Å²) in [6, 6.07) is 0. The normalized spacial score (nSPS) is 11.3. The summed E-state index contributed by atoms with van der Waals surface area (Å²) in [5.41, 5.74) is -0.445. The molecule has 0 bridgehead atoms. The molecule has 0 saturated carbocycles. The van der Waals surface area contributed by atoms with Crippen LogP contribution in [0.5, 0.6) is 0 Å². The molecule has 0 aliphatic heterocycles. The minimum absolute atomic E-state index is 0.0622. The van der Waals surface area contributed by atoms with Gasteiger partial charge in [0.2, 0.25) is 0 Å². The highest BCUT2D eigenvalue weighted by Gasteiger charge is 2.35. The highest BCUT2D eigenvalue weighted by molar-refractivity contribution is 5.79. The minimum atomic E-state index is -0.445. The number of rotatable bonds is 11. The molecule has 0 fully saturated rings. The lowest BCUT2D eigenvalue weighted by molar-refractivity contribution is -0.154. The maximum Gasteiger partial charge on any atom is 0.315 e. The van der Waals surface area contributed by atoms with E-state index in [2.05, 4.69) is 27.4 Å². The first kappa shape index (κ1) is 17.2. The SMILES string of the molecule is C=CC(CCCC)(CCCC)C(=O)OCCCC. The second-order valence-electron chi connectivity index (χ2n) is 5.06. The van der Waals surface area contributed by atoms with Crippen molar-refractivity contribution in [1.29, 1.82) is 0 Å². The Kier molecular flexibility index (Phi) is 9.72. The van der Waals surface area contributed by atoms with E-state index in [1.54, 1.807) is 0 Å². The summed E-state index contributed by atoms with van der Waals surface area (Å²) >= 11 is 0. The summed E-state index contributed by atoms with van der Waals surface area (Å²) < 4.78 is 5.42. The van der Waals surface area contributed by atoms with Crippen LogP contribution in [-0.4, -0.2) is 12.6 Å². The van der Waals surface area contributed by atoms with Gasteiger partial charge in [-0.05, 0) is 19.3 Å². The van der Waals surface area contributed by atoms with Gasteiger partial charge in [0.1, 0.15) is 0 Å². The molecule has 0 rings (SSSR count). The van der Waals surface area contributed by atoms with Gasteiger partial charge in [-0.25, -0.2) is 0 Å². The van der Waals surface area contributed by atoms with Crippen molar-refractivity contribution in [2.75, 3.05) is 6.61 Å². The van der Waals surface area contributed by atoms with Gasteiger partial charge in [0.15, 0.2) is 0 Å². The first-order valence-corrected chi connectivity index (χ1v) is 7.47. The largest absolute Gasteiger partial charge is 0.465 e. The van der Waals surface area contributed by atoms with E-state index in [0.717, 1.165) is 51.4 Å². The lowest BCUT2D eigenvalue weighted by Gasteiger charge is -2.28. The van der Waals surface area contributed by atoms with Crippen LogP contribution in [0.1, 0.15) is 72.1 Å². The Labute approximate surface area is 113 Å². The van der Waals surface area contributed by atoms with Crippen LogP contribution in [0.2, 0.25) is 0 Å². The molecule has 0 aromatic carbocycles. The third-order valence-electron chi connectivity index (χ3n) is 3.48. The van der Waals surface area contributed by atoms with Crippen molar-refractivity contribution in [1.82, 2.24) is 0 Å². The van der Waals surface area contributed by atoms with E-state index in [-0.39, 0.29) is 5.97 Å². The van der Waals surface area contributed by atoms with Crippen LogP contribution in [0.3, 0.4) is 0 Å². The average molecular weight is 254 g/mol. The summed E-state index contributed by atoms with van der Waals surface area (Å²) in [5, 5.41) is 0. The monoisotopic (exact) mass is 254 g/mol. The third-order valence-corrected chi connectivity index (χ3v) is 3.48.